The fraction of sp³-hybridized carbons (Fsp3) is 0.286. The van der Waals surface area contributed by atoms with Gasteiger partial charge in [-0.3, -0.25) is 10.1 Å². The summed E-state index contributed by atoms with van der Waals surface area (Å²) in [7, 11) is 0. The highest BCUT2D eigenvalue weighted by Crippen LogP contribution is 2.31. The van der Waals surface area contributed by atoms with Gasteiger partial charge < -0.3 is 11.2 Å². The van der Waals surface area contributed by atoms with Gasteiger partial charge in [-0.1, -0.05) is 35.0 Å². The highest BCUT2D eigenvalue weighted by atomic mass is 35.5. The van der Waals surface area contributed by atoms with E-state index in [4.69, 9.17) is 29.0 Å². The van der Waals surface area contributed by atoms with Crippen LogP contribution in [0.15, 0.2) is 23.4 Å². The highest BCUT2D eigenvalue weighted by Gasteiger charge is 2.22. The Bertz CT molecular complexity index is 798. The van der Waals surface area contributed by atoms with E-state index in [1.807, 2.05) is 0 Å². The Labute approximate surface area is 158 Å². The predicted molar refractivity (Wildman–Crippen MR) is 98.2 cm³/mol. The standard InChI is InChI=1S/C14H16Cl2N6O2S/c1-3-18-13(24)19-12(23)7(2)25-14-21-20-11(22(14)17)9-6-8(15)4-5-10(9)16/h4-7H,3,17H2,1-2H3,(H2,18,19,23,24). The van der Waals surface area contributed by atoms with Crippen LogP contribution in [0.2, 0.25) is 10.0 Å². The van der Waals surface area contributed by atoms with Gasteiger partial charge >= 0.3 is 6.03 Å². The molecule has 2 rings (SSSR count). The number of nitrogens with one attached hydrogen (secondary N) is 2. The molecule has 0 saturated carbocycles. The molecule has 1 unspecified atom stereocenters. The van der Waals surface area contributed by atoms with Crippen molar-refractivity contribution >= 4 is 46.9 Å². The summed E-state index contributed by atoms with van der Waals surface area (Å²) in [5.74, 6) is 5.85. The molecule has 8 nitrogen and oxygen atoms in total. The zero-order valence-electron chi connectivity index (χ0n) is 13.4. The maximum absolute atomic E-state index is 12.0. The molecule has 1 aromatic carbocycles. The minimum absolute atomic E-state index is 0.296. The van der Waals surface area contributed by atoms with E-state index >= 15 is 0 Å². The highest BCUT2D eigenvalue weighted by molar-refractivity contribution is 8.00. The molecular weight excluding hydrogens is 387 g/mol. The van der Waals surface area contributed by atoms with Gasteiger partial charge in [-0.2, -0.15) is 0 Å². The Morgan fingerprint density at radius 3 is 2.76 bits per heavy atom. The molecule has 1 heterocycles. The van der Waals surface area contributed by atoms with Gasteiger partial charge in [0.1, 0.15) is 0 Å². The van der Waals surface area contributed by atoms with Gasteiger partial charge in [-0.05, 0) is 32.0 Å². The summed E-state index contributed by atoms with van der Waals surface area (Å²) >= 11 is 13.2. The summed E-state index contributed by atoms with van der Waals surface area (Å²) in [5, 5.41) is 13.3. The Morgan fingerprint density at radius 1 is 1.36 bits per heavy atom. The molecule has 1 atom stereocenters. The number of nitrogen functional groups attached to an aromatic ring is 1. The normalized spacial score (nSPS) is 11.8. The molecule has 0 aliphatic carbocycles. The van der Waals surface area contributed by atoms with Crippen molar-refractivity contribution in [3.8, 4) is 11.4 Å². The number of halogens is 2. The van der Waals surface area contributed by atoms with Crippen LogP contribution in [0.4, 0.5) is 4.79 Å². The number of thioether (sulfide) groups is 1. The van der Waals surface area contributed by atoms with E-state index in [1.165, 1.54) is 4.68 Å². The molecule has 0 fully saturated rings. The van der Waals surface area contributed by atoms with Gasteiger partial charge in [0.15, 0.2) is 5.82 Å². The van der Waals surface area contributed by atoms with Crippen molar-refractivity contribution < 1.29 is 9.59 Å². The van der Waals surface area contributed by atoms with Crippen LogP contribution in [0.1, 0.15) is 13.8 Å². The summed E-state index contributed by atoms with van der Waals surface area (Å²) < 4.78 is 1.22. The average molecular weight is 403 g/mol. The summed E-state index contributed by atoms with van der Waals surface area (Å²) in [4.78, 5) is 23.4. The summed E-state index contributed by atoms with van der Waals surface area (Å²) in [6.07, 6.45) is 0. The fourth-order valence-corrected chi connectivity index (χ4v) is 2.98. The molecular formula is C14H16Cl2N6O2S. The molecule has 11 heteroatoms. The maximum atomic E-state index is 12.0. The van der Waals surface area contributed by atoms with Gasteiger partial charge in [0, 0.05) is 17.1 Å². The lowest BCUT2D eigenvalue weighted by atomic mass is 10.2. The van der Waals surface area contributed by atoms with Crippen LogP contribution in [-0.4, -0.2) is 38.6 Å². The van der Waals surface area contributed by atoms with Gasteiger partial charge in [0.25, 0.3) is 0 Å². The van der Waals surface area contributed by atoms with E-state index in [-0.39, 0.29) is 0 Å². The summed E-state index contributed by atoms with van der Waals surface area (Å²) in [6, 6.07) is 4.34. The van der Waals surface area contributed by atoms with Crippen LogP contribution in [0.5, 0.6) is 0 Å². The number of imide groups is 1. The van der Waals surface area contributed by atoms with Crippen LogP contribution in [-0.2, 0) is 4.79 Å². The minimum Gasteiger partial charge on any atom is -0.338 e. The number of nitrogens with two attached hydrogens (primary N) is 1. The second kappa shape index (κ2) is 8.41. The number of carbonyl (C=O) groups excluding carboxylic acids is 2. The second-order valence-corrected chi connectivity index (χ2v) is 7.06. The molecule has 25 heavy (non-hydrogen) atoms. The molecule has 0 saturated heterocycles. The van der Waals surface area contributed by atoms with Crippen LogP contribution in [0, 0.1) is 0 Å². The van der Waals surface area contributed by atoms with Crippen LogP contribution in [0.25, 0.3) is 11.4 Å². The van der Waals surface area contributed by atoms with E-state index in [1.54, 1.807) is 32.0 Å². The number of rotatable bonds is 5. The van der Waals surface area contributed by atoms with Crippen molar-refractivity contribution in [2.45, 2.75) is 24.3 Å². The Morgan fingerprint density at radius 2 is 2.08 bits per heavy atom. The lowest BCUT2D eigenvalue weighted by Gasteiger charge is -2.11. The largest absolute Gasteiger partial charge is 0.338 e. The fourth-order valence-electron chi connectivity index (χ4n) is 1.84. The van der Waals surface area contributed by atoms with Crippen molar-refractivity contribution in [1.29, 1.82) is 0 Å². The molecule has 0 aliphatic heterocycles. The van der Waals surface area contributed by atoms with Gasteiger partial charge in [0.2, 0.25) is 11.1 Å². The molecule has 0 spiro atoms. The topological polar surface area (TPSA) is 115 Å². The molecule has 3 amide bonds. The first-order valence-electron chi connectivity index (χ1n) is 7.24. The molecule has 0 aliphatic rings. The minimum atomic E-state index is -0.614. The summed E-state index contributed by atoms with van der Waals surface area (Å²) in [6.45, 7) is 3.79. The van der Waals surface area contributed by atoms with Crippen molar-refractivity contribution in [2.24, 2.45) is 0 Å². The predicted octanol–water partition coefficient (Wildman–Crippen LogP) is 2.29. The third-order valence-corrected chi connectivity index (χ3v) is 4.68. The Hall–Kier alpha value is -1.97. The molecule has 0 radical (unpaired) electrons. The zero-order chi connectivity index (χ0) is 18.6. The number of urea groups is 1. The maximum Gasteiger partial charge on any atom is 0.321 e. The number of aromatic nitrogens is 3. The van der Waals surface area contributed by atoms with Crippen molar-refractivity contribution in [3.05, 3.63) is 28.2 Å². The summed E-state index contributed by atoms with van der Waals surface area (Å²) in [5.41, 5.74) is 0.524. The van der Waals surface area contributed by atoms with Crippen LogP contribution < -0.4 is 16.5 Å². The molecule has 134 valence electrons. The molecule has 0 bridgehead atoms. The third-order valence-electron chi connectivity index (χ3n) is 3.06. The number of nitrogens with zero attached hydrogens (tertiary/aromatic N) is 3. The Kier molecular flexibility index (Phi) is 6.51. The monoisotopic (exact) mass is 402 g/mol. The van der Waals surface area contributed by atoms with E-state index in [2.05, 4.69) is 20.8 Å². The molecule has 1 aromatic heterocycles. The second-order valence-electron chi connectivity index (χ2n) is 4.91. The molecule has 4 N–H and O–H groups in total. The van der Waals surface area contributed by atoms with Crippen LogP contribution in [0.3, 0.4) is 0 Å². The lowest BCUT2D eigenvalue weighted by Crippen LogP contribution is -2.42. The van der Waals surface area contributed by atoms with Crippen molar-refractivity contribution in [3.63, 3.8) is 0 Å². The first kappa shape index (κ1) is 19.4. The average Bonchev–Trinajstić information content (AvgIpc) is 2.90. The van der Waals surface area contributed by atoms with Gasteiger partial charge in [-0.25, -0.2) is 9.47 Å². The van der Waals surface area contributed by atoms with Crippen molar-refractivity contribution in [2.75, 3.05) is 12.4 Å². The number of amides is 3. The van der Waals surface area contributed by atoms with Gasteiger partial charge in [0.05, 0.1) is 10.3 Å². The smallest absolute Gasteiger partial charge is 0.321 e. The van der Waals surface area contributed by atoms with E-state index in [0.717, 1.165) is 11.8 Å². The number of benzene rings is 1. The first-order chi connectivity index (χ1) is 11.8. The quantitative estimate of drug-likeness (QED) is 0.521. The molecule has 2 aromatic rings. The van der Waals surface area contributed by atoms with E-state index < -0.39 is 17.2 Å². The Balaban J connectivity index is 2.14. The third kappa shape index (κ3) is 4.77. The van der Waals surface area contributed by atoms with E-state index in [9.17, 15) is 9.59 Å². The van der Waals surface area contributed by atoms with E-state index in [0.29, 0.717) is 33.1 Å². The first-order valence-corrected chi connectivity index (χ1v) is 8.88. The van der Waals surface area contributed by atoms with Crippen molar-refractivity contribution in [1.82, 2.24) is 25.5 Å². The number of hydrogen-bond donors (Lipinski definition) is 3. The number of carbonyl (C=O) groups is 2. The lowest BCUT2D eigenvalue weighted by molar-refractivity contribution is -0.119. The number of hydrogen-bond acceptors (Lipinski definition) is 6. The zero-order valence-corrected chi connectivity index (χ0v) is 15.7. The van der Waals surface area contributed by atoms with Gasteiger partial charge in [-0.15, -0.1) is 10.2 Å². The SMILES string of the molecule is CCNC(=O)NC(=O)C(C)Sc1nnc(-c2cc(Cl)ccc2Cl)n1N. The van der Waals surface area contributed by atoms with Crippen LogP contribution >= 0.6 is 35.0 Å².